The van der Waals surface area contributed by atoms with Crippen LogP contribution in [0.25, 0.3) is 0 Å². The topological polar surface area (TPSA) is 74.6 Å². The van der Waals surface area contributed by atoms with Crippen molar-refractivity contribution in [1.29, 1.82) is 0 Å². The zero-order chi connectivity index (χ0) is 23.7. The second-order valence-electron chi connectivity index (χ2n) is 8.41. The third-order valence-electron chi connectivity index (χ3n) is 5.69. The fraction of sp³-hybridized carbons (Fsp3) is 0.462. The van der Waals surface area contributed by atoms with Gasteiger partial charge in [-0.1, -0.05) is 61.7 Å². The highest BCUT2D eigenvalue weighted by atomic mass is 35.5. The summed E-state index contributed by atoms with van der Waals surface area (Å²) in [7, 11) is 0. The monoisotopic (exact) mass is 478 g/mol. The van der Waals surface area contributed by atoms with Gasteiger partial charge in [-0.3, -0.25) is 9.59 Å². The van der Waals surface area contributed by atoms with Gasteiger partial charge in [0.15, 0.2) is 11.6 Å². The summed E-state index contributed by atoms with van der Waals surface area (Å²) in [5.74, 6) is -0.0883. The summed E-state index contributed by atoms with van der Waals surface area (Å²) in [5.41, 5.74) is 1.85. The Balaban J connectivity index is 1.56. The van der Waals surface area contributed by atoms with Gasteiger partial charge in [-0.05, 0) is 62.1 Å². The molecule has 2 N–H and O–H groups in total. The average Bonchev–Trinajstić information content (AvgIpc) is 2.74. The lowest BCUT2D eigenvalue weighted by atomic mass is 9.99. The zero-order valence-corrected chi connectivity index (χ0v) is 20.4. The summed E-state index contributed by atoms with van der Waals surface area (Å²) in [6.07, 6.45) is 8.65. The van der Waals surface area contributed by atoms with Gasteiger partial charge in [0.05, 0.1) is 11.1 Å². The van der Waals surface area contributed by atoms with Crippen LogP contribution in [0.2, 0.25) is 10.0 Å². The van der Waals surface area contributed by atoms with Gasteiger partial charge in [0, 0.05) is 22.9 Å². The summed E-state index contributed by atoms with van der Waals surface area (Å²) >= 11 is 12.0. The predicted molar refractivity (Wildman–Crippen MR) is 131 cm³/mol. The summed E-state index contributed by atoms with van der Waals surface area (Å²) in [6, 6.07) is 6.36. The van der Waals surface area contributed by atoms with E-state index in [4.69, 9.17) is 23.2 Å². The number of hydrogen-bond donors (Lipinski definition) is 2. The number of carbonyl (C=O) groups is 2. The molecule has 0 fully saturated rings. The molecular weight excluding hydrogens is 447 g/mol. The zero-order valence-electron chi connectivity index (χ0n) is 18.8. The number of hydrogen-bond acceptors (Lipinski definition) is 4. The molecular formula is C26H32Cl2O4. The smallest absolute Gasteiger partial charge is 0.166 e. The van der Waals surface area contributed by atoms with E-state index >= 15 is 0 Å². The minimum Gasteiger partial charge on any atom is -0.507 e. The molecule has 6 heteroatoms. The molecule has 0 aromatic heterocycles. The number of unbranched alkanes of at least 4 members (excludes halogenated alkanes) is 7. The van der Waals surface area contributed by atoms with Crippen LogP contribution in [0.5, 0.6) is 11.5 Å². The van der Waals surface area contributed by atoms with E-state index < -0.39 is 0 Å². The Morgan fingerprint density at radius 3 is 1.28 bits per heavy atom. The maximum absolute atomic E-state index is 12.3. The van der Waals surface area contributed by atoms with E-state index in [9.17, 15) is 19.8 Å². The molecule has 32 heavy (non-hydrogen) atoms. The molecule has 174 valence electrons. The van der Waals surface area contributed by atoms with Crippen LogP contribution in [0.3, 0.4) is 0 Å². The summed E-state index contributed by atoms with van der Waals surface area (Å²) in [5, 5.41) is 21.0. The molecule has 0 heterocycles. The standard InChI is InChI=1S/C26H32Cl2O4/c1-17-13-19(27)15-21(25(17)31)23(29)11-9-7-5-3-4-6-8-10-12-24(30)22-16-20(28)14-18(2)26(22)32/h13-16,31-32H,3-12H2,1-2H3. The number of aromatic hydroxyl groups is 2. The van der Waals surface area contributed by atoms with Crippen LogP contribution in [0.15, 0.2) is 24.3 Å². The number of halogens is 2. The number of aryl methyl sites for hydroxylation is 2. The number of carbonyl (C=O) groups excluding carboxylic acids is 2. The van der Waals surface area contributed by atoms with Gasteiger partial charge in [-0.15, -0.1) is 0 Å². The van der Waals surface area contributed by atoms with Crippen LogP contribution in [0.1, 0.15) is 96.1 Å². The van der Waals surface area contributed by atoms with Crippen LogP contribution in [-0.2, 0) is 0 Å². The largest absolute Gasteiger partial charge is 0.507 e. The molecule has 0 saturated carbocycles. The van der Waals surface area contributed by atoms with E-state index in [1.54, 1.807) is 26.0 Å². The minimum atomic E-state index is -0.0706. The molecule has 0 atom stereocenters. The number of benzene rings is 2. The fourth-order valence-corrected chi connectivity index (χ4v) is 4.34. The molecule has 0 amide bonds. The van der Waals surface area contributed by atoms with Crippen molar-refractivity contribution < 1.29 is 19.8 Å². The Kier molecular flexibility index (Phi) is 10.5. The maximum Gasteiger partial charge on any atom is 0.166 e. The average molecular weight is 479 g/mol. The van der Waals surface area contributed by atoms with E-state index in [1.807, 2.05) is 0 Å². The molecule has 2 rings (SSSR count). The lowest BCUT2D eigenvalue weighted by Crippen LogP contribution is -2.01. The van der Waals surface area contributed by atoms with Gasteiger partial charge in [0.1, 0.15) is 11.5 Å². The van der Waals surface area contributed by atoms with Crippen molar-refractivity contribution >= 4 is 34.8 Å². The lowest BCUT2D eigenvalue weighted by Gasteiger charge is -2.08. The van der Waals surface area contributed by atoms with Crippen molar-refractivity contribution in [3.05, 3.63) is 56.6 Å². The molecule has 0 bridgehead atoms. The van der Waals surface area contributed by atoms with E-state index in [1.165, 1.54) is 12.1 Å². The SMILES string of the molecule is Cc1cc(Cl)cc(C(=O)CCCCCCCCCCC(=O)c2cc(Cl)cc(C)c2O)c1O. The Hall–Kier alpha value is -2.04. The van der Waals surface area contributed by atoms with Gasteiger partial charge in [0.25, 0.3) is 0 Å². The van der Waals surface area contributed by atoms with Crippen molar-refractivity contribution in [3.63, 3.8) is 0 Å². The van der Waals surface area contributed by atoms with Crippen molar-refractivity contribution in [2.45, 2.75) is 78.1 Å². The summed E-state index contributed by atoms with van der Waals surface area (Å²) in [6.45, 7) is 3.46. The van der Waals surface area contributed by atoms with Gasteiger partial charge >= 0.3 is 0 Å². The predicted octanol–water partition coefficient (Wildman–Crippen LogP) is 7.99. The van der Waals surface area contributed by atoms with Crippen molar-refractivity contribution in [3.8, 4) is 11.5 Å². The molecule has 0 radical (unpaired) electrons. The highest BCUT2D eigenvalue weighted by Gasteiger charge is 2.15. The summed E-state index contributed by atoms with van der Waals surface area (Å²) < 4.78 is 0. The molecule has 0 aliphatic heterocycles. The third kappa shape index (κ3) is 7.83. The number of phenols is 2. The first kappa shape index (κ1) is 26.2. The molecule has 0 aliphatic carbocycles. The van der Waals surface area contributed by atoms with Crippen LogP contribution in [0.4, 0.5) is 0 Å². The Bertz CT molecular complexity index is 876. The quantitative estimate of drug-likeness (QED) is 0.226. The first-order valence-corrected chi connectivity index (χ1v) is 12.0. The minimum absolute atomic E-state index is 0.0265. The van der Waals surface area contributed by atoms with E-state index in [2.05, 4.69) is 0 Å². The van der Waals surface area contributed by atoms with Crippen LogP contribution < -0.4 is 0 Å². The lowest BCUT2D eigenvalue weighted by molar-refractivity contribution is 0.0967. The number of rotatable bonds is 13. The van der Waals surface area contributed by atoms with Crippen molar-refractivity contribution in [2.24, 2.45) is 0 Å². The van der Waals surface area contributed by atoms with Gasteiger partial charge in [0.2, 0.25) is 0 Å². The normalized spacial score (nSPS) is 11.0. The van der Waals surface area contributed by atoms with Crippen molar-refractivity contribution in [1.82, 2.24) is 0 Å². The summed E-state index contributed by atoms with van der Waals surface area (Å²) in [4.78, 5) is 24.6. The second-order valence-corrected chi connectivity index (χ2v) is 9.29. The van der Waals surface area contributed by atoms with E-state index in [-0.39, 0.29) is 23.1 Å². The molecule has 2 aromatic carbocycles. The molecule has 0 saturated heterocycles. The first-order valence-electron chi connectivity index (χ1n) is 11.2. The molecule has 0 unspecified atom stereocenters. The van der Waals surface area contributed by atoms with E-state index in [0.717, 1.165) is 51.4 Å². The third-order valence-corrected chi connectivity index (χ3v) is 6.13. The van der Waals surface area contributed by atoms with E-state index in [0.29, 0.717) is 45.1 Å². The molecule has 0 spiro atoms. The Morgan fingerprint density at radius 2 is 0.938 bits per heavy atom. The van der Waals surface area contributed by atoms with Crippen LogP contribution >= 0.6 is 23.2 Å². The highest BCUT2D eigenvalue weighted by molar-refractivity contribution is 6.31. The van der Waals surface area contributed by atoms with Crippen LogP contribution in [0, 0.1) is 13.8 Å². The van der Waals surface area contributed by atoms with Crippen molar-refractivity contribution in [2.75, 3.05) is 0 Å². The Morgan fingerprint density at radius 1 is 0.625 bits per heavy atom. The number of phenolic OH excluding ortho intramolecular Hbond substituents is 2. The molecule has 2 aromatic rings. The fourth-order valence-electron chi connectivity index (χ4n) is 3.80. The van der Waals surface area contributed by atoms with Gasteiger partial charge < -0.3 is 10.2 Å². The maximum atomic E-state index is 12.3. The van der Waals surface area contributed by atoms with Gasteiger partial charge in [-0.25, -0.2) is 0 Å². The molecule has 4 nitrogen and oxygen atoms in total. The Labute approximate surface area is 200 Å². The second kappa shape index (κ2) is 12.9. The first-order chi connectivity index (χ1) is 15.2. The number of Topliss-reactive ketones (excluding diaryl/α,β-unsaturated/α-hetero) is 2. The number of ketones is 2. The van der Waals surface area contributed by atoms with Gasteiger partial charge in [-0.2, -0.15) is 0 Å². The molecule has 0 aliphatic rings. The highest BCUT2D eigenvalue weighted by Crippen LogP contribution is 2.29. The van der Waals surface area contributed by atoms with Crippen LogP contribution in [-0.4, -0.2) is 21.8 Å².